The minimum Gasteiger partial charge on any atom is -0.310 e. The zero-order chi connectivity index (χ0) is 15.6. The number of sulfone groups is 1. The van der Waals surface area contributed by atoms with Gasteiger partial charge in [-0.3, -0.25) is 4.68 Å². The average Bonchev–Trinajstić information content (AvgIpc) is 2.98. The first-order valence-electron chi connectivity index (χ1n) is 7.16. The number of hydrogen-bond donors (Lipinski definition) is 1. The molecule has 0 saturated heterocycles. The number of aromatic nitrogens is 3. The van der Waals surface area contributed by atoms with Crippen LogP contribution in [0.4, 0.5) is 0 Å². The lowest BCUT2D eigenvalue weighted by atomic mass is 10.0. The number of hydrogen-bond acceptors (Lipinski definition) is 5. The van der Waals surface area contributed by atoms with Crippen molar-refractivity contribution < 1.29 is 8.42 Å². The van der Waals surface area contributed by atoms with Gasteiger partial charge >= 0.3 is 0 Å². The fourth-order valence-corrected chi connectivity index (χ4v) is 4.48. The second kappa shape index (κ2) is 6.36. The molecule has 1 unspecified atom stereocenters. The third-order valence-corrected chi connectivity index (χ3v) is 5.83. The molecule has 0 aliphatic carbocycles. The Kier molecular flexibility index (Phi) is 4.46. The molecular formula is C14H17ClN4O2S. The van der Waals surface area contributed by atoms with Crippen molar-refractivity contribution in [1.82, 2.24) is 20.3 Å². The molecule has 1 aromatic carbocycles. The second-order valence-electron chi connectivity index (χ2n) is 5.32. The van der Waals surface area contributed by atoms with Crippen molar-refractivity contribution in [3.8, 4) is 0 Å². The average molecular weight is 341 g/mol. The van der Waals surface area contributed by atoms with Crippen LogP contribution < -0.4 is 5.32 Å². The first-order valence-corrected chi connectivity index (χ1v) is 9.19. The van der Waals surface area contributed by atoms with Gasteiger partial charge in [-0.1, -0.05) is 16.8 Å². The van der Waals surface area contributed by atoms with Crippen LogP contribution in [0.2, 0.25) is 5.02 Å². The number of nitrogens with zero attached hydrogens (tertiary/aromatic N) is 3. The molecule has 0 saturated carbocycles. The summed E-state index contributed by atoms with van der Waals surface area (Å²) < 4.78 is 26.0. The van der Waals surface area contributed by atoms with Crippen molar-refractivity contribution in [2.24, 2.45) is 0 Å². The van der Waals surface area contributed by atoms with Gasteiger partial charge in [0, 0.05) is 23.8 Å². The number of nitrogens with one attached hydrogen (secondary N) is 1. The molecule has 2 aromatic rings. The number of rotatable bonds is 5. The Morgan fingerprint density at radius 2 is 2.27 bits per heavy atom. The maximum atomic E-state index is 12.1. The van der Waals surface area contributed by atoms with E-state index in [-0.39, 0.29) is 11.8 Å². The van der Waals surface area contributed by atoms with E-state index in [2.05, 4.69) is 15.6 Å². The van der Waals surface area contributed by atoms with Gasteiger partial charge in [0.25, 0.3) is 0 Å². The van der Waals surface area contributed by atoms with E-state index in [0.29, 0.717) is 16.3 Å². The van der Waals surface area contributed by atoms with E-state index in [4.69, 9.17) is 11.6 Å². The summed E-state index contributed by atoms with van der Waals surface area (Å²) in [6.07, 6.45) is 4.93. The van der Waals surface area contributed by atoms with Gasteiger partial charge in [0.2, 0.25) is 0 Å². The van der Waals surface area contributed by atoms with Crippen LogP contribution in [0.3, 0.4) is 0 Å². The summed E-state index contributed by atoms with van der Waals surface area (Å²) in [4.78, 5) is 0.400. The molecule has 1 N–H and O–H groups in total. The van der Waals surface area contributed by atoms with E-state index in [1.165, 1.54) is 0 Å². The molecule has 22 heavy (non-hydrogen) atoms. The number of aryl methyl sites for hydroxylation is 1. The summed E-state index contributed by atoms with van der Waals surface area (Å²) in [5.41, 5.74) is 0.777. The van der Waals surface area contributed by atoms with Crippen LogP contribution in [0.15, 0.2) is 35.5 Å². The van der Waals surface area contributed by atoms with Crippen molar-refractivity contribution in [3.63, 3.8) is 0 Å². The molecule has 6 nitrogen and oxygen atoms in total. The molecule has 2 heterocycles. The van der Waals surface area contributed by atoms with Crippen LogP contribution in [-0.2, 0) is 16.4 Å². The van der Waals surface area contributed by atoms with Gasteiger partial charge in [0.05, 0.1) is 16.8 Å². The Hall–Kier alpha value is -1.44. The molecule has 0 bridgehead atoms. The summed E-state index contributed by atoms with van der Waals surface area (Å²) in [6.45, 7) is 1.55. The van der Waals surface area contributed by atoms with E-state index in [0.717, 1.165) is 25.1 Å². The summed E-state index contributed by atoms with van der Waals surface area (Å²) >= 11 is 6.02. The lowest BCUT2D eigenvalue weighted by molar-refractivity contribution is 0.462. The zero-order valence-electron chi connectivity index (χ0n) is 11.9. The smallest absolute Gasteiger partial charge is 0.178 e. The third kappa shape index (κ3) is 3.31. The van der Waals surface area contributed by atoms with Gasteiger partial charge in [-0.05, 0) is 43.1 Å². The molecule has 8 heteroatoms. The summed E-state index contributed by atoms with van der Waals surface area (Å²) in [5.74, 6) is 0.169. The minimum absolute atomic E-state index is 0.0213. The molecule has 1 aliphatic heterocycles. The van der Waals surface area contributed by atoms with E-state index < -0.39 is 9.84 Å². The minimum atomic E-state index is -3.18. The molecule has 0 fully saturated rings. The second-order valence-corrected chi connectivity index (χ2v) is 7.83. The number of fused-ring (bicyclic) bond motifs is 1. The van der Waals surface area contributed by atoms with Crippen molar-refractivity contribution in [2.45, 2.75) is 30.3 Å². The van der Waals surface area contributed by atoms with Crippen molar-refractivity contribution in [1.29, 1.82) is 0 Å². The van der Waals surface area contributed by atoms with Gasteiger partial charge in [-0.15, -0.1) is 5.10 Å². The predicted molar refractivity (Wildman–Crippen MR) is 83.5 cm³/mol. The Labute approximate surface area is 134 Å². The molecule has 1 aliphatic rings. The number of benzene rings is 1. The van der Waals surface area contributed by atoms with Crippen molar-refractivity contribution >= 4 is 21.4 Å². The van der Waals surface area contributed by atoms with Gasteiger partial charge in [-0.25, -0.2) is 8.42 Å². The monoisotopic (exact) mass is 340 g/mol. The Morgan fingerprint density at radius 1 is 1.41 bits per heavy atom. The Balaban J connectivity index is 1.66. The van der Waals surface area contributed by atoms with Crippen LogP contribution in [0.25, 0.3) is 0 Å². The van der Waals surface area contributed by atoms with E-state index >= 15 is 0 Å². The van der Waals surface area contributed by atoms with E-state index in [9.17, 15) is 8.42 Å². The van der Waals surface area contributed by atoms with Gasteiger partial charge in [0.15, 0.2) is 9.84 Å². The maximum absolute atomic E-state index is 12.1. The molecule has 1 atom stereocenters. The SMILES string of the molecule is O=S1(=O)CCC(NCCCn2ccnn2)c2cc(Cl)ccc21. The highest BCUT2D eigenvalue weighted by Gasteiger charge is 2.29. The van der Waals surface area contributed by atoms with E-state index in [1.54, 1.807) is 29.1 Å². The predicted octanol–water partition coefficient (Wildman–Crippen LogP) is 1.83. The standard InChI is InChI=1S/C14H17ClN4O2S/c15-11-2-3-14-12(10-11)13(4-9-22(14,20)21)16-5-1-7-19-8-6-17-18-19/h2-3,6,8,10,13,16H,1,4-5,7,9H2. The topological polar surface area (TPSA) is 76.9 Å². The highest BCUT2D eigenvalue weighted by Crippen LogP contribution is 2.33. The highest BCUT2D eigenvalue weighted by atomic mass is 35.5. The zero-order valence-corrected chi connectivity index (χ0v) is 13.5. The molecule has 0 amide bonds. The van der Waals surface area contributed by atoms with Crippen LogP contribution >= 0.6 is 11.6 Å². The first kappa shape index (κ1) is 15.5. The van der Waals surface area contributed by atoms with Crippen molar-refractivity contribution in [3.05, 3.63) is 41.2 Å². The normalized spacial score (nSPS) is 19.8. The first-order chi connectivity index (χ1) is 10.6. The van der Waals surface area contributed by atoms with Crippen LogP contribution in [-0.4, -0.2) is 35.7 Å². The van der Waals surface area contributed by atoms with E-state index in [1.807, 2.05) is 6.20 Å². The van der Waals surface area contributed by atoms with Gasteiger partial charge in [-0.2, -0.15) is 0 Å². The van der Waals surface area contributed by atoms with Gasteiger partial charge in [0.1, 0.15) is 0 Å². The lowest BCUT2D eigenvalue weighted by Gasteiger charge is -2.26. The number of halogens is 1. The largest absolute Gasteiger partial charge is 0.310 e. The molecule has 3 rings (SSSR count). The Bertz CT molecular complexity index is 746. The summed E-state index contributed by atoms with van der Waals surface area (Å²) in [5, 5.41) is 11.6. The van der Waals surface area contributed by atoms with Crippen LogP contribution in [0.1, 0.15) is 24.4 Å². The summed E-state index contributed by atoms with van der Waals surface area (Å²) in [7, 11) is -3.18. The molecular weight excluding hydrogens is 324 g/mol. The molecule has 0 spiro atoms. The highest BCUT2D eigenvalue weighted by molar-refractivity contribution is 7.91. The Morgan fingerprint density at radius 3 is 3.05 bits per heavy atom. The molecule has 0 radical (unpaired) electrons. The van der Waals surface area contributed by atoms with Crippen molar-refractivity contribution in [2.75, 3.05) is 12.3 Å². The molecule has 118 valence electrons. The third-order valence-electron chi connectivity index (χ3n) is 3.78. The van der Waals surface area contributed by atoms with Crippen LogP contribution in [0.5, 0.6) is 0 Å². The maximum Gasteiger partial charge on any atom is 0.178 e. The fraction of sp³-hybridized carbons (Fsp3) is 0.429. The molecule has 1 aromatic heterocycles. The lowest BCUT2D eigenvalue weighted by Crippen LogP contribution is -2.30. The quantitative estimate of drug-likeness (QED) is 0.840. The van der Waals surface area contributed by atoms with Gasteiger partial charge < -0.3 is 5.32 Å². The summed E-state index contributed by atoms with van der Waals surface area (Å²) in [6, 6.07) is 5.01. The fourth-order valence-electron chi connectivity index (χ4n) is 2.69. The van der Waals surface area contributed by atoms with Crippen LogP contribution in [0, 0.1) is 0 Å².